The van der Waals surface area contributed by atoms with Gasteiger partial charge in [-0.2, -0.15) is 0 Å². The van der Waals surface area contributed by atoms with Crippen LogP contribution in [-0.2, 0) is 10.2 Å². The Morgan fingerprint density at radius 1 is 1.16 bits per heavy atom. The molecule has 0 radical (unpaired) electrons. The Morgan fingerprint density at radius 3 is 2.81 bits per heavy atom. The molecule has 6 nitrogen and oxygen atoms in total. The van der Waals surface area contributed by atoms with Crippen LogP contribution in [0.3, 0.4) is 0 Å². The van der Waals surface area contributed by atoms with E-state index in [2.05, 4.69) is 10.3 Å². The average Bonchev–Trinajstić information content (AvgIpc) is 3.33. The van der Waals surface area contributed by atoms with Crippen molar-refractivity contribution < 1.29 is 14.3 Å². The molecule has 0 saturated carbocycles. The lowest BCUT2D eigenvalue weighted by atomic mass is 9.72. The summed E-state index contributed by atoms with van der Waals surface area (Å²) in [4.78, 5) is 33.3. The summed E-state index contributed by atoms with van der Waals surface area (Å²) in [5.41, 5.74) is 3.00. The lowest BCUT2D eigenvalue weighted by Crippen LogP contribution is -2.42. The van der Waals surface area contributed by atoms with Crippen molar-refractivity contribution in [3.63, 3.8) is 0 Å². The number of aryl methyl sites for hydroxylation is 1. The monoisotopic (exact) mass is 413 g/mol. The van der Waals surface area contributed by atoms with Crippen molar-refractivity contribution in [3.05, 3.63) is 89.2 Å². The minimum atomic E-state index is -0.852. The normalized spacial score (nSPS) is 21.8. The minimum Gasteiger partial charge on any atom is -0.497 e. The predicted octanol–water partition coefficient (Wildman–Crippen LogP) is 3.88. The molecule has 0 bridgehead atoms. The first kappa shape index (κ1) is 19.3. The van der Waals surface area contributed by atoms with Crippen molar-refractivity contribution in [3.8, 4) is 5.75 Å². The van der Waals surface area contributed by atoms with Gasteiger partial charge in [0.05, 0.1) is 18.7 Å². The quantitative estimate of drug-likeness (QED) is 0.708. The molecule has 2 aromatic carbocycles. The van der Waals surface area contributed by atoms with Crippen LogP contribution in [0.15, 0.2) is 66.9 Å². The molecule has 6 heteroatoms. The van der Waals surface area contributed by atoms with Crippen molar-refractivity contribution >= 4 is 17.5 Å². The molecule has 5 rings (SSSR count). The van der Waals surface area contributed by atoms with Gasteiger partial charge in [-0.3, -0.25) is 14.6 Å². The third kappa shape index (κ3) is 2.82. The first-order valence-electron chi connectivity index (χ1n) is 10.3. The molecule has 0 aliphatic carbocycles. The zero-order valence-electron chi connectivity index (χ0n) is 17.5. The zero-order chi connectivity index (χ0) is 21.6. The Bertz CT molecular complexity index is 1190. The van der Waals surface area contributed by atoms with Gasteiger partial charge in [0, 0.05) is 24.1 Å². The number of pyridine rings is 1. The summed E-state index contributed by atoms with van der Waals surface area (Å²) in [5, 5.41) is 3.05. The largest absolute Gasteiger partial charge is 0.497 e. The van der Waals surface area contributed by atoms with Crippen molar-refractivity contribution in [2.24, 2.45) is 0 Å². The first-order valence-corrected chi connectivity index (χ1v) is 10.3. The summed E-state index contributed by atoms with van der Waals surface area (Å²) < 4.78 is 5.45. The summed E-state index contributed by atoms with van der Waals surface area (Å²) in [7, 11) is 1.61. The summed E-state index contributed by atoms with van der Waals surface area (Å²) >= 11 is 0. The number of ether oxygens (including phenoxy) is 1. The number of fused-ring (bicyclic) bond motifs is 2. The molecule has 1 aromatic heterocycles. The van der Waals surface area contributed by atoms with Gasteiger partial charge in [-0.05, 0) is 54.8 Å². The van der Waals surface area contributed by atoms with E-state index in [1.54, 1.807) is 25.4 Å². The highest BCUT2D eigenvalue weighted by atomic mass is 16.5. The number of nitrogens with zero attached hydrogens (tertiary/aromatic N) is 2. The summed E-state index contributed by atoms with van der Waals surface area (Å²) in [5.74, 6) is 0.503. The Hall–Kier alpha value is -3.67. The van der Waals surface area contributed by atoms with E-state index in [9.17, 15) is 9.59 Å². The van der Waals surface area contributed by atoms with Gasteiger partial charge >= 0.3 is 0 Å². The number of hydrogen-bond donors (Lipinski definition) is 1. The number of nitrogens with one attached hydrogen (secondary N) is 1. The fourth-order valence-electron chi connectivity index (χ4n) is 5.05. The van der Waals surface area contributed by atoms with Crippen LogP contribution in [0.4, 0.5) is 5.69 Å². The van der Waals surface area contributed by atoms with Gasteiger partial charge in [-0.15, -0.1) is 0 Å². The van der Waals surface area contributed by atoms with Crippen LogP contribution < -0.4 is 10.1 Å². The number of carbonyl (C=O) groups excluding carboxylic acids is 2. The number of anilines is 1. The van der Waals surface area contributed by atoms with E-state index in [1.807, 2.05) is 60.4 Å². The minimum absolute atomic E-state index is 0.0697. The van der Waals surface area contributed by atoms with Gasteiger partial charge in [-0.25, -0.2) is 0 Å². The maximum Gasteiger partial charge on any atom is 0.256 e. The topological polar surface area (TPSA) is 71.5 Å². The van der Waals surface area contributed by atoms with Gasteiger partial charge in [-0.1, -0.05) is 30.3 Å². The van der Waals surface area contributed by atoms with Crippen molar-refractivity contribution in [2.45, 2.75) is 24.8 Å². The van der Waals surface area contributed by atoms with Crippen LogP contribution in [0.1, 0.15) is 39.6 Å². The maximum absolute atomic E-state index is 13.7. The van der Waals surface area contributed by atoms with Gasteiger partial charge in [0.1, 0.15) is 11.2 Å². The summed E-state index contributed by atoms with van der Waals surface area (Å²) in [6.45, 7) is 2.30. The molecule has 1 saturated heterocycles. The number of benzene rings is 2. The molecule has 1 spiro atoms. The fourth-order valence-corrected chi connectivity index (χ4v) is 5.05. The molecular weight excluding hydrogens is 390 g/mol. The number of carbonyl (C=O) groups is 2. The molecule has 2 atom stereocenters. The Balaban J connectivity index is 1.69. The second kappa shape index (κ2) is 7.23. The molecule has 2 amide bonds. The second-order valence-corrected chi connectivity index (χ2v) is 8.04. The number of hydrogen-bond acceptors (Lipinski definition) is 4. The smallest absolute Gasteiger partial charge is 0.256 e. The van der Waals surface area contributed by atoms with Gasteiger partial charge in [0.15, 0.2) is 0 Å². The Morgan fingerprint density at radius 2 is 2.00 bits per heavy atom. The predicted molar refractivity (Wildman–Crippen MR) is 117 cm³/mol. The van der Waals surface area contributed by atoms with Crippen LogP contribution in [0, 0.1) is 6.92 Å². The first-order chi connectivity index (χ1) is 15.1. The van der Waals surface area contributed by atoms with E-state index >= 15 is 0 Å². The van der Waals surface area contributed by atoms with Crippen LogP contribution in [0.2, 0.25) is 0 Å². The van der Waals surface area contributed by atoms with Crippen molar-refractivity contribution in [2.75, 3.05) is 19.0 Å². The lowest BCUT2D eigenvalue weighted by molar-refractivity contribution is -0.121. The highest BCUT2D eigenvalue weighted by Gasteiger charge is 2.59. The highest BCUT2D eigenvalue weighted by molar-refractivity contribution is 6.08. The number of methoxy groups -OCH3 is 1. The van der Waals surface area contributed by atoms with Crippen LogP contribution >= 0.6 is 0 Å². The van der Waals surface area contributed by atoms with Crippen molar-refractivity contribution in [1.29, 1.82) is 0 Å². The third-order valence-electron chi connectivity index (χ3n) is 6.49. The molecule has 31 heavy (non-hydrogen) atoms. The van der Waals surface area contributed by atoms with E-state index < -0.39 is 11.5 Å². The molecule has 1 N–H and O–H groups in total. The van der Waals surface area contributed by atoms with Gasteiger partial charge in [0.25, 0.3) is 5.91 Å². The van der Waals surface area contributed by atoms with E-state index in [-0.39, 0.29) is 11.8 Å². The maximum atomic E-state index is 13.7. The molecular formula is C25H23N3O3. The third-order valence-corrected chi connectivity index (χ3v) is 6.49. The lowest BCUT2D eigenvalue weighted by Gasteiger charge is -2.34. The molecule has 2 aliphatic rings. The molecule has 0 unspecified atom stereocenters. The number of rotatable bonds is 3. The molecule has 156 valence electrons. The highest BCUT2D eigenvalue weighted by Crippen LogP contribution is 2.55. The fraction of sp³-hybridized carbons (Fsp3) is 0.240. The molecule has 3 aromatic rings. The molecule has 3 heterocycles. The Kier molecular flexibility index (Phi) is 4.50. The van der Waals surface area contributed by atoms with Crippen LogP contribution in [0.5, 0.6) is 5.75 Å². The number of likely N-dealkylation sites (tertiary alicyclic amines) is 1. The standard InChI is InChI=1S/C25H23N3O3/c1-16-19(9-6-13-26-16)23(29)28-14-12-25(20-10-3-4-11-21(20)27-24(25)30)22(28)17-7-5-8-18(15-17)31-2/h3-11,13,15,22H,12,14H2,1-2H3,(H,27,30)/t22-,25+/m0/s1. The Labute approximate surface area is 180 Å². The van der Waals surface area contributed by atoms with E-state index in [0.717, 1.165) is 16.8 Å². The van der Waals surface area contributed by atoms with Gasteiger partial charge < -0.3 is 15.0 Å². The van der Waals surface area contributed by atoms with E-state index in [4.69, 9.17) is 4.74 Å². The number of para-hydroxylation sites is 1. The van der Waals surface area contributed by atoms with Crippen LogP contribution in [-0.4, -0.2) is 35.4 Å². The van der Waals surface area contributed by atoms with E-state index in [0.29, 0.717) is 30.0 Å². The zero-order valence-corrected chi connectivity index (χ0v) is 17.5. The van der Waals surface area contributed by atoms with Gasteiger partial charge in [0.2, 0.25) is 5.91 Å². The number of aromatic nitrogens is 1. The summed E-state index contributed by atoms with van der Waals surface area (Å²) in [6, 6.07) is 18.5. The summed E-state index contributed by atoms with van der Waals surface area (Å²) in [6.07, 6.45) is 2.22. The molecule has 1 fully saturated rings. The number of amides is 2. The second-order valence-electron chi connectivity index (χ2n) is 8.04. The van der Waals surface area contributed by atoms with Crippen molar-refractivity contribution in [1.82, 2.24) is 9.88 Å². The molecule has 2 aliphatic heterocycles. The van der Waals surface area contributed by atoms with Crippen LogP contribution in [0.25, 0.3) is 0 Å². The average molecular weight is 413 g/mol. The SMILES string of the molecule is COc1cccc([C@@H]2N(C(=O)c3cccnc3C)CC[C@]23C(=O)Nc2ccccc23)c1. The van der Waals surface area contributed by atoms with E-state index in [1.165, 1.54) is 0 Å².